The van der Waals surface area contributed by atoms with Crippen LogP contribution >= 0.6 is 0 Å². The average Bonchev–Trinajstić information content (AvgIpc) is 3.24. The van der Waals surface area contributed by atoms with Crippen molar-refractivity contribution in [3.8, 4) is 11.5 Å². The number of carbonyl (C=O) groups is 1. The van der Waals surface area contributed by atoms with Crippen LogP contribution in [0, 0.1) is 0 Å². The van der Waals surface area contributed by atoms with E-state index < -0.39 is 0 Å². The summed E-state index contributed by atoms with van der Waals surface area (Å²) in [6.45, 7) is 0.207. The number of pyridine rings is 1. The number of methoxy groups -OCH3 is 2. The van der Waals surface area contributed by atoms with Crippen LogP contribution in [0.2, 0.25) is 0 Å². The van der Waals surface area contributed by atoms with Crippen LogP contribution in [0.15, 0.2) is 59.7 Å². The Morgan fingerprint density at radius 3 is 2.72 bits per heavy atom. The number of aryl methyl sites for hydroxylation is 1. The smallest absolute Gasteiger partial charge is 0.276 e. The molecule has 4 rings (SSSR count). The van der Waals surface area contributed by atoms with Crippen LogP contribution in [0.25, 0.3) is 16.7 Å². The molecule has 148 valence electrons. The molecule has 0 spiro atoms. The summed E-state index contributed by atoms with van der Waals surface area (Å²) in [5.74, 6) is 0.890. The van der Waals surface area contributed by atoms with Gasteiger partial charge >= 0.3 is 0 Å². The number of fused-ring (bicyclic) bond motifs is 3. The van der Waals surface area contributed by atoms with Gasteiger partial charge in [0, 0.05) is 31.4 Å². The second-order valence-corrected chi connectivity index (χ2v) is 6.43. The van der Waals surface area contributed by atoms with Gasteiger partial charge < -0.3 is 19.2 Å². The van der Waals surface area contributed by atoms with Gasteiger partial charge in [-0.05, 0) is 36.4 Å². The zero-order valence-electron chi connectivity index (χ0n) is 16.1. The van der Waals surface area contributed by atoms with E-state index in [-0.39, 0.29) is 24.4 Å². The van der Waals surface area contributed by atoms with Gasteiger partial charge in [-0.2, -0.15) is 0 Å². The lowest BCUT2D eigenvalue weighted by Gasteiger charge is -2.13. The molecule has 29 heavy (non-hydrogen) atoms. The molecule has 1 aromatic carbocycles. The van der Waals surface area contributed by atoms with Gasteiger partial charge in [0.2, 0.25) is 5.91 Å². The van der Waals surface area contributed by atoms with E-state index in [0.717, 1.165) is 5.52 Å². The maximum Gasteiger partial charge on any atom is 0.276 e. The van der Waals surface area contributed by atoms with Crippen molar-refractivity contribution in [2.75, 3.05) is 19.5 Å². The SMILES string of the molecule is COc1ccc(NC(=O)CCn2c(=O)c3cccn3c3cccnc32)c(OC)c1. The first-order valence-electron chi connectivity index (χ1n) is 9.09. The van der Waals surface area contributed by atoms with Gasteiger partial charge in [0.15, 0.2) is 5.65 Å². The second-order valence-electron chi connectivity index (χ2n) is 6.43. The Balaban J connectivity index is 1.59. The highest BCUT2D eigenvalue weighted by Crippen LogP contribution is 2.29. The van der Waals surface area contributed by atoms with Gasteiger partial charge in [-0.1, -0.05) is 0 Å². The molecule has 0 saturated carbocycles. The fourth-order valence-electron chi connectivity index (χ4n) is 3.32. The molecule has 3 heterocycles. The van der Waals surface area contributed by atoms with E-state index in [9.17, 15) is 9.59 Å². The lowest BCUT2D eigenvalue weighted by atomic mass is 10.2. The fraction of sp³-hybridized carbons (Fsp3) is 0.190. The predicted octanol–water partition coefficient (Wildman–Crippen LogP) is 2.70. The normalized spacial score (nSPS) is 11.0. The van der Waals surface area contributed by atoms with Crippen LogP contribution in [-0.2, 0) is 11.3 Å². The highest BCUT2D eigenvalue weighted by molar-refractivity contribution is 5.92. The summed E-state index contributed by atoms with van der Waals surface area (Å²) in [6.07, 6.45) is 3.57. The number of anilines is 1. The minimum atomic E-state index is -0.236. The number of hydrogen-bond acceptors (Lipinski definition) is 5. The largest absolute Gasteiger partial charge is 0.497 e. The summed E-state index contributed by atoms with van der Waals surface area (Å²) in [6, 6.07) is 12.4. The highest BCUT2D eigenvalue weighted by atomic mass is 16.5. The van der Waals surface area contributed by atoms with Crippen molar-refractivity contribution in [2.24, 2.45) is 0 Å². The molecule has 0 aliphatic heterocycles. The maximum absolute atomic E-state index is 12.9. The number of hydrogen-bond donors (Lipinski definition) is 1. The molecule has 1 N–H and O–H groups in total. The Kier molecular flexibility index (Phi) is 4.90. The predicted molar refractivity (Wildman–Crippen MR) is 110 cm³/mol. The monoisotopic (exact) mass is 392 g/mol. The van der Waals surface area contributed by atoms with Gasteiger partial charge in [0.25, 0.3) is 5.56 Å². The van der Waals surface area contributed by atoms with Crippen molar-refractivity contribution in [1.29, 1.82) is 0 Å². The summed E-state index contributed by atoms with van der Waals surface area (Å²) >= 11 is 0. The lowest BCUT2D eigenvalue weighted by molar-refractivity contribution is -0.116. The molecule has 0 aliphatic carbocycles. The fourth-order valence-corrected chi connectivity index (χ4v) is 3.32. The van der Waals surface area contributed by atoms with E-state index in [1.165, 1.54) is 11.7 Å². The Morgan fingerprint density at radius 2 is 1.93 bits per heavy atom. The van der Waals surface area contributed by atoms with Crippen molar-refractivity contribution >= 4 is 28.3 Å². The van der Waals surface area contributed by atoms with Gasteiger partial charge in [-0.3, -0.25) is 14.2 Å². The standard InChI is InChI=1S/C21H20N4O4/c1-28-14-7-8-15(18(13-14)29-2)23-19(26)9-12-25-20-16(5-3-10-22-20)24-11-4-6-17(24)21(25)27/h3-8,10-11,13H,9,12H2,1-2H3,(H,23,26). The van der Waals surface area contributed by atoms with Crippen LogP contribution in [0.5, 0.6) is 11.5 Å². The molecule has 0 aliphatic rings. The molecular weight excluding hydrogens is 372 g/mol. The second kappa shape index (κ2) is 7.67. The molecule has 4 aromatic rings. The lowest BCUT2D eigenvalue weighted by Crippen LogP contribution is -2.25. The summed E-state index contributed by atoms with van der Waals surface area (Å²) in [7, 11) is 3.08. The van der Waals surface area contributed by atoms with Gasteiger partial charge in [0.05, 0.1) is 25.4 Å². The number of amides is 1. The molecule has 0 radical (unpaired) electrons. The first-order chi connectivity index (χ1) is 14.1. The first-order valence-corrected chi connectivity index (χ1v) is 9.09. The zero-order chi connectivity index (χ0) is 20.4. The number of nitrogens with zero attached hydrogens (tertiary/aromatic N) is 3. The van der Waals surface area contributed by atoms with E-state index in [2.05, 4.69) is 10.3 Å². The molecular formula is C21H20N4O4. The van der Waals surface area contributed by atoms with Crippen molar-refractivity contribution in [3.63, 3.8) is 0 Å². The van der Waals surface area contributed by atoms with Crippen LogP contribution in [0.4, 0.5) is 5.69 Å². The van der Waals surface area contributed by atoms with Gasteiger partial charge in [-0.25, -0.2) is 4.98 Å². The number of rotatable bonds is 6. The molecule has 0 fully saturated rings. The summed E-state index contributed by atoms with van der Waals surface area (Å²) in [5, 5.41) is 2.82. The number of nitrogens with one attached hydrogen (secondary N) is 1. The van der Waals surface area contributed by atoms with E-state index >= 15 is 0 Å². The molecule has 8 nitrogen and oxygen atoms in total. The Hall–Kier alpha value is -3.81. The van der Waals surface area contributed by atoms with Gasteiger partial charge in [-0.15, -0.1) is 0 Å². The first kappa shape index (κ1) is 18.5. The Labute approximate surface area is 166 Å². The Morgan fingerprint density at radius 1 is 1.10 bits per heavy atom. The van der Waals surface area contributed by atoms with Crippen LogP contribution in [0.3, 0.4) is 0 Å². The molecule has 3 aromatic heterocycles. The zero-order valence-corrected chi connectivity index (χ0v) is 16.1. The van der Waals surface area contributed by atoms with E-state index in [4.69, 9.17) is 9.47 Å². The van der Waals surface area contributed by atoms with Crippen LogP contribution < -0.4 is 20.3 Å². The van der Waals surface area contributed by atoms with Gasteiger partial charge in [0.1, 0.15) is 17.0 Å². The minimum absolute atomic E-state index is 0.109. The molecule has 1 amide bonds. The van der Waals surface area contributed by atoms with E-state index in [1.54, 1.807) is 37.6 Å². The number of aromatic nitrogens is 3. The summed E-state index contributed by atoms with van der Waals surface area (Å²) in [4.78, 5) is 29.8. The molecule has 0 unspecified atom stereocenters. The number of ether oxygens (including phenoxy) is 2. The summed E-state index contributed by atoms with van der Waals surface area (Å²) in [5.41, 5.74) is 2.25. The molecule has 0 atom stereocenters. The quantitative estimate of drug-likeness (QED) is 0.545. The topological polar surface area (TPSA) is 86.9 Å². The minimum Gasteiger partial charge on any atom is -0.497 e. The maximum atomic E-state index is 12.9. The molecule has 0 saturated heterocycles. The third kappa shape index (κ3) is 3.40. The van der Waals surface area contributed by atoms with Crippen LogP contribution in [-0.4, -0.2) is 34.1 Å². The third-order valence-electron chi connectivity index (χ3n) is 4.74. The highest BCUT2D eigenvalue weighted by Gasteiger charge is 2.14. The Bertz CT molecular complexity index is 1260. The van der Waals surface area contributed by atoms with Crippen molar-refractivity contribution in [3.05, 3.63) is 65.2 Å². The third-order valence-corrected chi connectivity index (χ3v) is 4.74. The van der Waals surface area contributed by atoms with Crippen LogP contribution in [0.1, 0.15) is 6.42 Å². The molecule has 0 bridgehead atoms. The van der Waals surface area contributed by atoms with E-state index in [0.29, 0.717) is 28.4 Å². The average molecular weight is 392 g/mol. The van der Waals surface area contributed by atoms with Crippen molar-refractivity contribution < 1.29 is 14.3 Å². The number of benzene rings is 1. The summed E-state index contributed by atoms with van der Waals surface area (Å²) < 4.78 is 13.8. The van der Waals surface area contributed by atoms with Crippen molar-refractivity contribution in [2.45, 2.75) is 13.0 Å². The molecule has 8 heteroatoms. The van der Waals surface area contributed by atoms with Crippen molar-refractivity contribution in [1.82, 2.24) is 14.0 Å². The number of carbonyl (C=O) groups excluding carboxylic acids is 1. The van der Waals surface area contributed by atoms with E-state index in [1.807, 2.05) is 28.8 Å².